The van der Waals surface area contributed by atoms with Crippen LogP contribution in [0.3, 0.4) is 0 Å². The molecule has 0 aromatic heterocycles. The molecule has 1 amide bonds. The standard InChI is InChI=1S/C16H21NO6/c1-20-12-6-3-7-13(21-2)15(12)16(19)23-10-14(18)17-9-11-5-4-8-22-11/h3,6-7,11H,4-5,8-10H2,1-2H3,(H,17,18). The molecule has 1 aliphatic rings. The first-order valence-corrected chi connectivity index (χ1v) is 7.42. The molecule has 0 bridgehead atoms. The number of hydrogen-bond donors (Lipinski definition) is 1. The van der Waals surface area contributed by atoms with Crippen molar-refractivity contribution in [2.45, 2.75) is 18.9 Å². The molecule has 1 N–H and O–H groups in total. The van der Waals surface area contributed by atoms with Gasteiger partial charge in [0.25, 0.3) is 5.91 Å². The highest BCUT2D eigenvalue weighted by atomic mass is 16.5. The van der Waals surface area contributed by atoms with Gasteiger partial charge in [0.2, 0.25) is 0 Å². The third-order valence-corrected chi connectivity index (χ3v) is 3.52. The maximum absolute atomic E-state index is 12.2. The molecule has 1 aromatic carbocycles. The topological polar surface area (TPSA) is 83.1 Å². The number of rotatable bonds is 7. The van der Waals surface area contributed by atoms with Gasteiger partial charge in [0.05, 0.1) is 20.3 Å². The number of amides is 1. The minimum atomic E-state index is -0.674. The fourth-order valence-electron chi connectivity index (χ4n) is 2.34. The maximum atomic E-state index is 12.2. The molecule has 2 rings (SSSR count). The Morgan fingerprint density at radius 1 is 1.26 bits per heavy atom. The summed E-state index contributed by atoms with van der Waals surface area (Å²) in [5, 5.41) is 2.68. The first-order valence-electron chi connectivity index (χ1n) is 7.42. The molecule has 1 unspecified atom stereocenters. The summed E-state index contributed by atoms with van der Waals surface area (Å²) in [5.74, 6) is -0.391. The number of ether oxygens (including phenoxy) is 4. The molecule has 0 aliphatic carbocycles. The lowest BCUT2D eigenvalue weighted by molar-refractivity contribution is -0.124. The van der Waals surface area contributed by atoms with Crippen molar-refractivity contribution in [3.8, 4) is 11.5 Å². The Bertz CT molecular complexity index is 531. The number of benzene rings is 1. The van der Waals surface area contributed by atoms with Crippen LogP contribution in [-0.4, -0.2) is 52.0 Å². The molecule has 1 fully saturated rings. The lowest BCUT2D eigenvalue weighted by atomic mass is 10.2. The molecule has 1 saturated heterocycles. The van der Waals surface area contributed by atoms with E-state index in [1.807, 2.05) is 0 Å². The molecular formula is C16H21NO6. The van der Waals surface area contributed by atoms with Crippen molar-refractivity contribution in [2.75, 3.05) is 34.0 Å². The molecule has 1 atom stereocenters. The minimum absolute atomic E-state index is 0.0453. The zero-order valence-corrected chi connectivity index (χ0v) is 13.3. The van der Waals surface area contributed by atoms with E-state index < -0.39 is 5.97 Å². The molecule has 0 spiro atoms. The van der Waals surface area contributed by atoms with E-state index in [0.717, 1.165) is 19.4 Å². The maximum Gasteiger partial charge on any atom is 0.346 e. The first-order chi connectivity index (χ1) is 11.2. The van der Waals surface area contributed by atoms with E-state index in [1.54, 1.807) is 18.2 Å². The SMILES string of the molecule is COc1cccc(OC)c1C(=O)OCC(=O)NCC1CCCO1. The van der Waals surface area contributed by atoms with Gasteiger partial charge >= 0.3 is 5.97 Å². The molecule has 7 nitrogen and oxygen atoms in total. The summed E-state index contributed by atoms with van der Waals surface area (Å²) in [7, 11) is 2.89. The highest BCUT2D eigenvalue weighted by molar-refractivity contribution is 5.96. The van der Waals surface area contributed by atoms with Gasteiger partial charge in [-0.2, -0.15) is 0 Å². The number of carbonyl (C=O) groups excluding carboxylic acids is 2. The van der Waals surface area contributed by atoms with E-state index in [0.29, 0.717) is 18.0 Å². The largest absolute Gasteiger partial charge is 0.496 e. The van der Waals surface area contributed by atoms with Crippen LogP contribution in [0.4, 0.5) is 0 Å². The van der Waals surface area contributed by atoms with E-state index in [4.69, 9.17) is 18.9 Å². The predicted molar refractivity (Wildman–Crippen MR) is 81.8 cm³/mol. The Morgan fingerprint density at radius 2 is 1.96 bits per heavy atom. The Kier molecular flexibility index (Phi) is 6.22. The first kappa shape index (κ1) is 17.1. The Hall–Kier alpha value is -2.28. The molecule has 23 heavy (non-hydrogen) atoms. The second kappa shape index (κ2) is 8.38. The highest BCUT2D eigenvalue weighted by Crippen LogP contribution is 2.28. The van der Waals surface area contributed by atoms with Gasteiger partial charge in [-0.1, -0.05) is 6.07 Å². The normalized spacial score (nSPS) is 16.7. The van der Waals surface area contributed by atoms with E-state index >= 15 is 0 Å². The van der Waals surface area contributed by atoms with Crippen LogP contribution in [0.1, 0.15) is 23.2 Å². The molecule has 1 aliphatic heterocycles. The zero-order valence-electron chi connectivity index (χ0n) is 13.3. The van der Waals surface area contributed by atoms with Crippen LogP contribution in [0.5, 0.6) is 11.5 Å². The minimum Gasteiger partial charge on any atom is -0.496 e. The van der Waals surface area contributed by atoms with Gasteiger partial charge in [0.1, 0.15) is 17.1 Å². The predicted octanol–water partition coefficient (Wildman–Crippen LogP) is 1.16. The lowest BCUT2D eigenvalue weighted by Crippen LogP contribution is -2.34. The summed E-state index contributed by atoms with van der Waals surface area (Å²) in [5.41, 5.74) is 0.157. The Labute approximate surface area is 134 Å². The average Bonchev–Trinajstić information content (AvgIpc) is 3.10. The van der Waals surface area contributed by atoms with Gasteiger partial charge in [-0.3, -0.25) is 4.79 Å². The molecule has 1 heterocycles. The zero-order chi connectivity index (χ0) is 16.7. The second-order valence-electron chi connectivity index (χ2n) is 5.05. The van der Waals surface area contributed by atoms with Gasteiger partial charge < -0.3 is 24.3 Å². The van der Waals surface area contributed by atoms with Gasteiger partial charge in [-0.25, -0.2) is 4.79 Å². The van der Waals surface area contributed by atoms with Crippen molar-refractivity contribution in [1.82, 2.24) is 5.32 Å². The monoisotopic (exact) mass is 323 g/mol. The molecule has 126 valence electrons. The summed E-state index contributed by atoms with van der Waals surface area (Å²) >= 11 is 0. The smallest absolute Gasteiger partial charge is 0.346 e. The fourth-order valence-corrected chi connectivity index (χ4v) is 2.34. The Balaban J connectivity index is 1.87. The summed E-state index contributed by atoms with van der Waals surface area (Å²) < 4.78 is 20.7. The van der Waals surface area contributed by atoms with E-state index in [2.05, 4.69) is 5.32 Å². The second-order valence-corrected chi connectivity index (χ2v) is 5.05. The molecule has 1 aromatic rings. The number of hydrogen-bond acceptors (Lipinski definition) is 6. The van der Waals surface area contributed by atoms with E-state index in [-0.39, 0.29) is 24.2 Å². The average molecular weight is 323 g/mol. The van der Waals surface area contributed by atoms with Crippen LogP contribution < -0.4 is 14.8 Å². The fraction of sp³-hybridized carbons (Fsp3) is 0.500. The quantitative estimate of drug-likeness (QED) is 0.758. The summed E-state index contributed by atoms with van der Waals surface area (Å²) in [6.45, 7) is 0.782. The molecular weight excluding hydrogens is 302 g/mol. The van der Waals surface area contributed by atoms with Crippen LogP contribution in [0.25, 0.3) is 0 Å². The van der Waals surface area contributed by atoms with Crippen molar-refractivity contribution in [3.63, 3.8) is 0 Å². The van der Waals surface area contributed by atoms with Gasteiger partial charge in [0.15, 0.2) is 6.61 Å². The van der Waals surface area contributed by atoms with Crippen LogP contribution in [-0.2, 0) is 14.3 Å². The van der Waals surface area contributed by atoms with Crippen molar-refractivity contribution in [2.24, 2.45) is 0 Å². The molecule has 0 radical (unpaired) electrons. The number of methoxy groups -OCH3 is 2. The van der Waals surface area contributed by atoms with Crippen LogP contribution in [0.15, 0.2) is 18.2 Å². The van der Waals surface area contributed by atoms with Crippen molar-refractivity contribution >= 4 is 11.9 Å². The van der Waals surface area contributed by atoms with Crippen LogP contribution in [0, 0.1) is 0 Å². The van der Waals surface area contributed by atoms with Crippen molar-refractivity contribution < 1.29 is 28.5 Å². The van der Waals surface area contributed by atoms with Gasteiger partial charge in [0, 0.05) is 13.2 Å². The van der Waals surface area contributed by atoms with Crippen LogP contribution >= 0.6 is 0 Å². The number of carbonyl (C=O) groups is 2. The number of esters is 1. The lowest BCUT2D eigenvalue weighted by Gasteiger charge is -2.13. The number of nitrogens with one attached hydrogen (secondary N) is 1. The van der Waals surface area contributed by atoms with E-state index in [9.17, 15) is 9.59 Å². The van der Waals surface area contributed by atoms with Gasteiger partial charge in [-0.05, 0) is 25.0 Å². The summed E-state index contributed by atoms with van der Waals surface area (Å²) in [6, 6.07) is 4.94. The third-order valence-electron chi connectivity index (χ3n) is 3.52. The Morgan fingerprint density at radius 3 is 2.52 bits per heavy atom. The third kappa shape index (κ3) is 4.59. The molecule has 7 heteroatoms. The van der Waals surface area contributed by atoms with Crippen molar-refractivity contribution in [3.05, 3.63) is 23.8 Å². The summed E-state index contributed by atoms with van der Waals surface area (Å²) in [4.78, 5) is 23.9. The van der Waals surface area contributed by atoms with Crippen LogP contribution in [0.2, 0.25) is 0 Å². The summed E-state index contributed by atoms with van der Waals surface area (Å²) in [6.07, 6.45) is 1.98. The molecule has 0 saturated carbocycles. The highest BCUT2D eigenvalue weighted by Gasteiger charge is 2.21. The van der Waals surface area contributed by atoms with Gasteiger partial charge in [-0.15, -0.1) is 0 Å². The van der Waals surface area contributed by atoms with E-state index in [1.165, 1.54) is 14.2 Å². The van der Waals surface area contributed by atoms with Crippen molar-refractivity contribution in [1.29, 1.82) is 0 Å².